The highest BCUT2D eigenvalue weighted by Crippen LogP contribution is 2.09. The van der Waals surface area contributed by atoms with Gasteiger partial charge < -0.3 is 9.88 Å². The van der Waals surface area contributed by atoms with Gasteiger partial charge in [-0.05, 0) is 18.2 Å². The van der Waals surface area contributed by atoms with Crippen LogP contribution < -0.4 is 5.32 Å². The van der Waals surface area contributed by atoms with E-state index in [0.29, 0.717) is 24.2 Å². The zero-order chi connectivity index (χ0) is 13.7. The summed E-state index contributed by atoms with van der Waals surface area (Å²) in [6.07, 6.45) is 4.43. The monoisotopic (exact) mass is 258 g/mol. The number of rotatable bonds is 5. The topological polar surface area (TPSA) is 53.6 Å². The molecule has 0 radical (unpaired) electrons. The minimum absolute atomic E-state index is 0.288. The highest BCUT2D eigenvalue weighted by Gasteiger charge is 2.04. The molecule has 4 nitrogen and oxygen atoms in total. The van der Waals surface area contributed by atoms with Crippen LogP contribution in [0.25, 0.3) is 0 Å². The Bertz CT molecular complexity index is 598. The van der Waals surface area contributed by atoms with E-state index in [9.17, 15) is 4.39 Å². The molecule has 2 aromatic rings. The molecule has 0 amide bonds. The van der Waals surface area contributed by atoms with Gasteiger partial charge in [0.1, 0.15) is 11.6 Å². The fraction of sp³-hybridized carbons (Fsp3) is 0.286. The van der Waals surface area contributed by atoms with Crippen molar-refractivity contribution >= 4 is 0 Å². The lowest BCUT2D eigenvalue weighted by Crippen LogP contribution is -2.19. The van der Waals surface area contributed by atoms with E-state index in [1.807, 2.05) is 23.9 Å². The van der Waals surface area contributed by atoms with Crippen LogP contribution in [0, 0.1) is 17.1 Å². The van der Waals surface area contributed by atoms with E-state index in [4.69, 9.17) is 5.26 Å². The summed E-state index contributed by atoms with van der Waals surface area (Å²) in [6, 6.07) is 6.39. The second-order valence-electron chi connectivity index (χ2n) is 4.30. The third-order valence-corrected chi connectivity index (χ3v) is 2.94. The van der Waals surface area contributed by atoms with E-state index >= 15 is 0 Å². The molecule has 1 heterocycles. The van der Waals surface area contributed by atoms with Gasteiger partial charge in [0.25, 0.3) is 0 Å². The van der Waals surface area contributed by atoms with E-state index in [1.165, 1.54) is 12.1 Å². The molecular formula is C14H15FN4. The summed E-state index contributed by atoms with van der Waals surface area (Å²) in [7, 11) is 1.94. The summed E-state index contributed by atoms with van der Waals surface area (Å²) in [5.41, 5.74) is 0.987. The SMILES string of the molecule is Cn1ccnc1CCNCc1cc(C#N)ccc1F. The molecule has 0 bridgehead atoms. The average Bonchev–Trinajstić information content (AvgIpc) is 2.82. The second kappa shape index (κ2) is 6.12. The lowest BCUT2D eigenvalue weighted by atomic mass is 10.1. The standard InChI is InChI=1S/C14H15FN4/c1-19-7-6-18-14(19)4-5-17-10-12-8-11(9-16)2-3-13(12)15/h2-3,6-8,17H,4-5,10H2,1H3. The van der Waals surface area contributed by atoms with Gasteiger partial charge >= 0.3 is 0 Å². The van der Waals surface area contributed by atoms with Crippen molar-refractivity contribution < 1.29 is 4.39 Å². The van der Waals surface area contributed by atoms with E-state index in [-0.39, 0.29) is 5.82 Å². The maximum atomic E-state index is 13.5. The minimum atomic E-state index is -0.288. The van der Waals surface area contributed by atoms with Gasteiger partial charge in [0.15, 0.2) is 0 Å². The fourth-order valence-corrected chi connectivity index (χ4v) is 1.84. The first-order valence-electron chi connectivity index (χ1n) is 6.06. The van der Waals surface area contributed by atoms with Crippen molar-refractivity contribution in [2.24, 2.45) is 7.05 Å². The maximum absolute atomic E-state index is 13.5. The van der Waals surface area contributed by atoms with Crippen LogP contribution >= 0.6 is 0 Å². The molecule has 2 rings (SSSR count). The van der Waals surface area contributed by atoms with Crippen LogP contribution in [-0.2, 0) is 20.0 Å². The van der Waals surface area contributed by atoms with Crippen LogP contribution in [0.1, 0.15) is 17.0 Å². The van der Waals surface area contributed by atoms with Gasteiger partial charge in [0, 0.05) is 44.5 Å². The molecule has 0 aliphatic rings. The Morgan fingerprint density at radius 2 is 2.32 bits per heavy atom. The van der Waals surface area contributed by atoms with Crippen LogP contribution in [-0.4, -0.2) is 16.1 Å². The number of nitrogens with one attached hydrogen (secondary N) is 1. The van der Waals surface area contributed by atoms with Gasteiger partial charge in [-0.2, -0.15) is 5.26 Å². The average molecular weight is 258 g/mol. The summed E-state index contributed by atoms with van der Waals surface area (Å²) in [6.45, 7) is 1.12. The number of imidazole rings is 1. The van der Waals surface area contributed by atoms with E-state index in [0.717, 1.165) is 12.2 Å². The highest BCUT2D eigenvalue weighted by molar-refractivity contribution is 5.33. The molecule has 0 aliphatic heterocycles. The van der Waals surface area contributed by atoms with Crippen molar-refractivity contribution in [2.75, 3.05) is 6.54 Å². The Hall–Kier alpha value is -2.19. The third-order valence-electron chi connectivity index (χ3n) is 2.94. The Balaban J connectivity index is 1.86. The van der Waals surface area contributed by atoms with Crippen molar-refractivity contribution in [3.63, 3.8) is 0 Å². The number of nitriles is 1. The van der Waals surface area contributed by atoms with Crippen LogP contribution in [0.5, 0.6) is 0 Å². The van der Waals surface area contributed by atoms with Crippen molar-refractivity contribution in [1.29, 1.82) is 5.26 Å². The number of hydrogen-bond donors (Lipinski definition) is 1. The molecular weight excluding hydrogens is 243 g/mol. The Labute approximate surface area is 111 Å². The first kappa shape index (κ1) is 13.2. The molecule has 19 heavy (non-hydrogen) atoms. The Morgan fingerprint density at radius 1 is 1.47 bits per heavy atom. The van der Waals surface area contributed by atoms with E-state index in [2.05, 4.69) is 10.3 Å². The quantitative estimate of drug-likeness (QED) is 0.831. The molecule has 1 aromatic heterocycles. The van der Waals surface area contributed by atoms with Gasteiger partial charge in [0.05, 0.1) is 11.6 Å². The lowest BCUT2D eigenvalue weighted by Gasteiger charge is -2.06. The number of hydrogen-bond acceptors (Lipinski definition) is 3. The predicted octanol–water partition coefficient (Wildman–Crippen LogP) is 1.76. The summed E-state index contributed by atoms with van der Waals surface area (Å²) in [4.78, 5) is 4.21. The largest absolute Gasteiger partial charge is 0.338 e. The second-order valence-corrected chi connectivity index (χ2v) is 4.30. The van der Waals surface area contributed by atoms with Crippen molar-refractivity contribution in [3.8, 4) is 6.07 Å². The van der Waals surface area contributed by atoms with Gasteiger partial charge in [-0.3, -0.25) is 0 Å². The maximum Gasteiger partial charge on any atom is 0.127 e. The molecule has 1 N–H and O–H groups in total. The summed E-state index contributed by atoms with van der Waals surface area (Å²) in [5, 5.41) is 11.9. The Morgan fingerprint density at radius 3 is 3.00 bits per heavy atom. The zero-order valence-corrected chi connectivity index (χ0v) is 10.7. The summed E-state index contributed by atoms with van der Waals surface area (Å²) in [5.74, 6) is 0.697. The van der Waals surface area contributed by atoms with Crippen molar-refractivity contribution in [3.05, 3.63) is 53.4 Å². The molecule has 98 valence electrons. The molecule has 0 unspecified atom stereocenters. The van der Waals surface area contributed by atoms with Crippen molar-refractivity contribution in [2.45, 2.75) is 13.0 Å². The smallest absolute Gasteiger partial charge is 0.127 e. The fourth-order valence-electron chi connectivity index (χ4n) is 1.84. The van der Waals surface area contributed by atoms with Gasteiger partial charge in [-0.25, -0.2) is 9.37 Å². The minimum Gasteiger partial charge on any atom is -0.338 e. The molecule has 0 atom stereocenters. The van der Waals surface area contributed by atoms with E-state index in [1.54, 1.807) is 12.3 Å². The highest BCUT2D eigenvalue weighted by atomic mass is 19.1. The number of aryl methyl sites for hydroxylation is 1. The molecule has 0 fully saturated rings. The number of benzene rings is 1. The molecule has 0 spiro atoms. The number of nitrogens with zero attached hydrogens (tertiary/aromatic N) is 3. The van der Waals surface area contributed by atoms with Crippen LogP contribution in [0.4, 0.5) is 4.39 Å². The normalized spacial score (nSPS) is 10.4. The zero-order valence-electron chi connectivity index (χ0n) is 10.7. The summed E-state index contributed by atoms with van der Waals surface area (Å²) >= 11 is 0. The van der Waals surface area contributed by atoms with Gasteiger partial charge in [-0.1, -0.05) is 0 Å². The summed E-state index contributed by atoms with van der Waals surface area (Å²) < 4.78 is 15.5. The van der Waals surface area contributed by atoms with Crippen LogP contribution in [0.3, 0.4) is 0 Å². The molecule has 0 saturated heterocycles. The van der Waals surface area contributed by atoms with Gasteiger partial charge in [-0.15, -0.1) is 0 Å². The number of aromatic nitrogens is 2. The Kier molecular flexibility index (Phi) is 4.26. The molecule has 5 heteroatoms. The van der Waals surface area contributed by atoms with Crippen LogP contribution in [0.15, 0.2) is 30.6 Å². The molecule has 0 aliphatic carbocycles. The molecule has 1 aromatic carbocycles. The van der Waals surface area contributed by atoms with E-state index < -0.39 is 0 Å². The predicted molar refractivity (Wildman–Crippen MR) is 69.7 cm³/mol. The molecule has 0 saturated carbocycles. The first-order chi connectivity index (χ1) is 9.20. The first-order valence-corrected chi connectivity index (χ1v) is 6.06. The van der Waals surface area contributed by atoms with Gasteiger partial charge in [0.2, 0.25) is 0 Å². The van der Waals surface area contributed by atoms with Crippen molar-refractivity contribution in [1.82, 2.24) is 14.9 Å². The third kappa shape index (κ3) is 3.39. The van der Waals surface area contributed by atoms with Crippen LogP contribution in [0.2, 0.25) is 0 Å². The number of halogens is 1. The lowest BCUT2D eigenvalue weighted by molar-refractivity contribution is 0.584.